The molecular formula is C15H27ClN4. The summed E-state index contributed by atoms with van der Waals surface area (Å²) in [7, 11) is 4.11. The zero-order chi connectivity index (χ0) is 13.7. The van der Waals surface area contributed by atoms with Crippen LogP contribution in [0, 0.1) is 0 Å². The van der Waals surface area contributed by atoms with E-state index >= 15 is 0 Å². The van der Waals surface area contributed by atoms with Gasteiger partial charge in [0.25, 0.3) is 0 Å². The fraction of sp³-hybridized carbons (Fsp3) is 0.667. The van der Waals surface area contributed by atoms with Crippen LogP contribution in [-0.2, 0) is 6.54 Å². The predicted molar refractivity (Wildman–Crippen MR) is 87.8 cm³/mol. The van der Waals surface area contributed by atoms with Gasteiger partial charge in [0.2, 0.25) is 0 Å². The van der Waals surface area contributed by atoms with Crippen molar-refractivity contribution in [3.63, 3.8) is 0 Å². The lowest BCUT2D eigenvalue weighted by molar-refractivity contribution is 0.242. The molecule has 0 radical (unpaired) electrons. The second-order valence-electron chi connectivity index (χ2n) is 5.36. The highest BCUT2D eigenvalue weighted by atomic mass is 35.5. The second-order valence-corrected chi connectivity index (χ2v) is 5.36. The summed E-state index contributed by atoms with van der Waals surface area (Å²) in [6.07, 6.45) is 4.65. The minimum Gasteiger partial charge on any atom is -0.360 e. The quantitative estimate of drug-likeness (QED) is 0.872. The zero-order valence-electron chi connectivity index (χ0n) is 12.8. The van der Waals surface area contributed by atoms with Gasteiger partial charge in [0.1, 0.15) is 5.82 Å². The fourth-order valence-electron chi connectivity index (χ4n) is 2.70. The number of halogens is 1. The number of anilines is 1. The maximum atomic E-state index is 4.55. The van der Waals surface area contributed by atoms with Gasteiger partial charge >= 0.3 is 0 Å². The first-order valence-corrected chi connectivity index (χ1v) is 7.29. The van der Waals surface area contributed by atoms with Crippen molar-refractivity contribution in [3.05, 3.63) is 23.9 Å². The minimum absolute atomic E-state index is 0. The van der Waals surface area contributed by atoms with E-state index in [1.165, 1.54) is 24.9 Å². The van der Waals surface area contributed by atoms with Crippen LogP contribution in [0.3, 0.4) is 0 Å². The highest BCUT2D eigenvalue weighted by Crippen LogP contribution is 2.20. The third-order valence-electron chi connectivity index (χ3n) is 4.00. The molecule has 1 aliphatic rings. The van der Waals surface area contributed by atoms with Crippen molar-refractivity contribution < 1.29 is 0 Å². The number of nitrogens with one attached hydrogen (secondary N) is 1. The number of hydrogen-bond acceptors (Lipinski definition) is 4. The minimum atomic E-state index is 0. The Morgan fingerprint density at radius 2 is 2.25 bits per heavy atom. The molecule has 0 aromatic carbocycles. The molecule has 4 nitrogen and oxygen atoms in total. The molecule has 1 atom stereocenters. The van der Waals surface area contributed by atoms with Crippen molar-refractivity contribution in [1.82, 2.24) is 15.2 Å². The summed E-state index contributed by atoms with van der Waals surface area (Å²) in [6.45, 7) is 6.45. The smallest absolute Gasteiger partial charge is 0.128 e. The summed E-state index contributed by atoms with van der Waals surface area (Å²) >= 11 is 0. The topological polar surface area (TPSA) is 31.4 Å². The third kappa shape index (κ3) is 4.33. The summed E-state index contributed by atoms with van der Waals surface area (Å²) < 4.78 is 0. The van der Waals surface area contributed by atoms with Crippen molar-refractivity contribution >= 4 is 18.2 Å². The lowest BCUT2D eigenvalue weighted by Crippen LogP contribution is -2.36. The lowest BCUT2D eigenvalue weighted by Gasteiger charge is -2.24. The number of aromatic nitrogens is 1. The molecule has 20 heavy (non-hydrogen) atoms. The molecule has 5 heteroatoms. The molecule has 1 fully saturated rings. The molecule has 1 unspecified atom stereocenters. The summed E-state index contributed by atoms with van der Waals surface area (Å²) in [5.41, 5.74) is 1.32. The van der Waals surface area contributed by atoms with E-state index in [1.807, 2.05) is 13.2 Å². The SMILES string of the molecule is CCN(C)c1ccc(CN2CCCC2CNC)cn1.Cl. The van der Waals surface area contributed by atoms with Crippen LogP contribution in [0.4, 0.5) is 5.82 Å². The van der Waals surface area contributed by atoms with E-state index in [0.29, 0.717) is 6.04 Å². The zero-order valence-corrected chi connectivity index (χ0v) is 13.6. The fourth-order valence-corrected chi connectivity index (χ4v) is 2.70. The highest BCUT2D eigenvalue weighted by Gasteiger charge is 2.23. The molecule has 1 aliphatic heterocycles. The van der Waals surface area contributed by atoms with Gasteiger partial charge in [0.15, 0.2) is 0 Å². The molecule has 1 aromatic rings. The Morgan fingerprint density at radius 1 is 1.45 bits per heavy atom. The van der Waals surface area contributed by atoms with Crippen LogP contribution < -0.4 is 10.2 Å². The van der Waals surface area contributed by atoms with E-state index in [-0.39, 0.29) is 12.4 Å². The Hall–Kier alpha value is -0.840. The third-order valence-corrected chi connectivity index (χ3v) is 4.00. The van der Waals surface area contributed by atoms with E-state index in [9.17, 15) is 0 Å². The van der Waals surface area contributed by atoms with Gasteiger partial charge < -0.3 is 10.2 Å². The molecule has 0 spiro atoms. The average Bonchev–Trinajstić information content (AvgIpc) is 2.86. The second kappa shape index (κ2) is 8.45. The molecular weight excluding hydrogens is 272 g/mol. The lowest BCUT2D eigenvalue weighted by atomic mass is 10.2. The first-order valence-electron chi connectivity index (χ1n) is 7.29. The van der Waals surface area contributed by atoms with Crippen LogP contribution in [0.5, 0.6) is 0 Å². The van der Waals surface area contributed by atoms with Crippen molar-refractivity contribution in [1.29, 1.82) is 0 Å². The Kier molecular flexibility index (Phi) is 7.27. The van der Waals surface area contributed by atoms with Crippen LogP contribution in [0.2, 0.25) is 0 Å². The molecule has 1 aromatic heterocycles. The first kappa shape index (κ1) is 17.2. The average molecular weight is 299 g/mol. The van der Waals surface area contributed by atoms with Gasteiger partial charge in [-0.25, -0.2) is 4.98 Å². The largest absolute Gasteiger partial charge is 0.360 e. The monoisotopic (exact) mass is 298 g/mol. The summed E-state index contributed by atoms with van der Waals surface area (Å²) in [6, 6.07) is 5.02. The van der Waals surface area contributed by atoms with Crippen molar-refractivity contribution in [2.24, 2.45) is 0 Å². The number of pyridine rings is 1. The first-order chi connectivity index (χ1) is 9.24. The Labute approximate surface area is 129 Å². The van der Waals surface area contributed by atoms with E-state index in [4.69, 9.17) is 0 Å². The van der Waals surface area contributed by atoms with Gasteiger partial charge in [0.05, 0.1) is 0 Å². The summed E-state index contributed by atoms with van der Waals surface area (Å²) in [4.78, 5) is 9.27. The van der Waals surface area contributed by atoms with Gasteiger partial charge in [-0.3, -0.25) is 4.90 Å². The number of likely N-dealkylation sites (tertiary alicyclic amines) is 1. The Morgan fingerprint density at radius 3 is 2.85 bits per heavy atom. The summed E-state index contributed by atoms with van der Waals surface area (Å²) in [5, 5.41) is 3.29. The molecule has 2 heterocycles. The number of hydrogen-bond donors (Lipinski definition) is 1. The van der Waals surface area contributed by atoms with Crippen molar-refractivity contribution in [2.75, 3.05) is 38.6 Å². The predicted octanol–water partition coefficient (Wildman–Crippen LogP) is 2.14. The van der Waals surface area contributed by atoms with E-state index in [0.717, 1.165) is 25.5 Å². The molecule has 0 amide bonds. The van der Waals surface area contributed by atoms with Crippen molar-refractivity contribution in [3.8, 4) is 0 Å². The normalized spacial score (nSPS) is 18.9. The van der Waals surface area contributed by atoms with Crippen molar-refractivity contribution in [2.45, 2.75) is 32.4 Å². The molecule has 114 valence electrons. The van der Waals surface area contributed by atoms with Gasteiger partial charge in [-0.2, -0.15) is 0 Å². The number of likely N-dealkylation sites (N-methyl/N-ethyl adjacent to an activating group) is 1. The standard InChI is InChI=1S/C15H26N4.ClH/c1-4-18(3)15-8-7-13(10-17-15)12-19-9-5-6-14(19)11-16-2;/h7-8,10,14,16H,4-6,9,11-12H2,1-3H3;1H. The van der Waals surface area contributed by atoms with E-state index in [1.54, 1.807) is 0 Å². The van der Waals surface area contributed by atoms with Crippen LogP contribution >= 0.6 is 12.4 Å². The number of rotatable bonds is 6. The van der Waals surface area contributed by atoms with Crippen LogP contribution in [-0.4, -0.2) is 49.7 Å². The molecule has 0 saturated carbocycles. The highest BCUT2D eigenvalue weighted by molar-refractivity contribution is 5.85. The molecule has 0 aliphatic carbocycles. The van der Waals surface area contributed by atoms with Crippen LogP contribution in [0.1, 0.15) is 25.3 Å². The molecule has 2 rings (SSSR count). The van der Waals surface area contributed by atoms with Gasteiger partial charge in [0, 0.05) is 38.9 Å². The van der Waals surface area contributed by atoms with Gasteiger partial charge in [-0.1, -0.05) is 6.07 Å². The van der Waals surface area contributed by atoms with Gasteiger partial charge in [-0.15, -0.1) is 12.4 Å². The van der Waals surface area contributed by atoms with Crippen LogP contribution in [0.25, 0.3) is 0 Å². The maximum Gasteiger partial charge on any atom is 0.128 e. The molecule has 1 N–H and O–H groups in total. The van der Waals surface area contributed by atoms with Gasteiger partial charge in [-0.05, 0) is 45.0 Å². The maximum absolute atomic E-state index is 4.55. The van der Waals surface area contributed by atoms with Crippen LogP contribution in [0.15, 0.2) is 18.3 Å². The molecule has 1 saturated heterocycles. The van der Waals surface area contributed by atoms with E-state index in [2.05, 4.69) is 46.2 Å². The Bertz CT molecular complexity index is 382. The Balaban J connectivity index is 0.00000200. The molecule has 0 bridgehead atoms. The number of nitrogens with zero attached hydrogens (tertiary/aromatic N) is 3. The summed E-state index contributed by atoms with van der Waals surface area (Å²) in [5.74, 6) is 1.06. The van der Waals surface area contributed by atoms with E-state index < -0.39 is 0 Å².